The number of allylic oxidation sites excluding steroid dienone is 6. The second-order valence-electron chi connectivity index (χ2n) is 10.9. The Morgan fingerprint density at radius 1 is 1.03 bits per heavy atom. The molecule has 3 aliphatic rings. The first-order chi connectivity index (χ1) is 13.7. The molecule has 0 radical (unpaired) electrons. The lowest BCUT2D eigenvalue weighted by Gasteiger charge is -2.44. The minimum atomic E-state index is -0.182. The fraction of sp³-hybridized carbons (Fsp3) is 0.714. The fourth-order valence-electron chi connectivity index (χ4n) is 6.25. The van der Waals surface area contributed by atoms with Crippen LogP contribution in [0.2, 0.25) is 0 Å². The van der Waals surface area contributed by atoms with Gasteiger partial charge in [-0.25, -0.2) is 0 Å². The molecule has 1 unspecified atom stereocenters. The molecule has 0 aliphatic heterocycles. The van der Waals surface area contributed by atoms with Crippen LogP contribution < -0.4 is 0 Å². The van der Waals surface area contributed by atoms with Crippen molar-refractivity contribution in [2.45, 2.75) is 92.1 Å². The van der Waals surface area contributed by atoms with E-state index in [4.69, 9.17) is 0 Å². The third-order valence-electron chi connectivity index (χ3n) is 8.63. The zero-order chi connectivity index (χ0) is 21.2. The molecule has 1 heteroatoms. The van der Waals surface area contributed by atoms with Gasteiger partial charge < -0.3 is 5.11 Å². The lowest BCUT2D eigenvalue weighted by Crippen LogP contribution is -2.35. The summed E-state index contributed by atoms with van der Waals surface area (Å²) in [7, 11) is 0. The molecule has 6 atom stereocenters. The van der Waals surface area contributed by atoms with Gasteiger partial charge >= 0.3 is 0 Å². The van der Waals surface area contributed by atoms with Crippen LogP contribution >= 0.6 is 0 Å². The van der Waals surface area contributed by atoms with Gasteiger partial charge in [0, 0.05) is 0 Å². The van der Waals surface area contributed by atoms with Crippen molar-refractivity contribution in [2.75, 3.05) is 0 Å². The lowest BCUT2D eigenvalue weighted by atomic mass is 9.61. The molecular weight excluding hydrogens is 352 g/mol. The summed E-state index contributed by atoms with van der Waals surface area (Å²) in [6.45, 7) is 16.3. The van der Waals surface area contributed by atoms with Crippen LogP contribution in [0.3, 0.4) is 0 Å². The molecule has 1 nitrogen and oxygen atoms in total. The smallest absolute Gasteiger partial charge is 0.0583 e. The van der Waals surface area contributed by atoms with Crippen molar-refractivity contribution in [3.63, 3.8) is 0 Å². The van der Waals surface area contributed by atoms with Gasteiger partial charge in [0.05, 0.1) is 6.10 Å². The predicted octanol–water partition coefficient (Wildman–Crippen LogP) is 7.64. The van der Waals surface area contributed by atoms with Gasteiger partial charge in [-0.3, -0.25) is 0 Å². The molecular formula is C28H44O. The maximum atomic E-state index is 10.0. The van der Waals surface area contributed by atoms with E-state index in [9.17, 15) is 5.11 Å². The van der Waals surface area contributed by atoms with Crippen LogP contribution in [0.15, 0.2) is 47.6 Å². The van der Waals surface area contributed by atoms with Crippen LogP contribution in [-0.4, -0.2) is 11.2 Å². The van der Waals surface area contributed by atoms with Crippen LogP contribution in [0.5, 0.6) is 0 Å². The molecule has 0 heterocycles. The summed E-state index contributed by atoms with van der Waals surface area (Å²) < 4.78 is 0. The average molecular weight is 397 g/mol. The summed E-state index contributed by atoms with van der Waals surface area (Å²) in [6.07, 6.45) is 18.8. The molecule has 0 spiro atoms. The number of aliphatic hydroxyl groups excluding tert-OH is 1. The molecule has 3 aliphatic carbocycles. The Kier molecular flexibility index (Phi) is 7.31. The lowest BCUT2D eigenvalue weighted by molar-refractivity contribution is 0.112. The maximum Gasteiger partial charge on any atom is 0.0583 e. The second-order valence-corrected chi connectivity index (χ2v) is 10.9. The SMILES string of the molecule is C=C1CC[C@H](O)C/C1=C/C=C1\CCC[C@]2(C)C([C@H](C)/C=C/[C@H](C)C(C)C)CC[C@@H]12. The van der Waals surface area contributed by atoms with E-state index >= 15 is 0 Å². The Morgan fingerprint density at radius 2 is 1.79 bits per heavy atom. The fourth-order valence-corrected chi connectivity index (χ4v) is 6.25. The van der Waals surface area contributed by atoms with Crippen molar-refractivity contribution in [3.8, 4) is 0 Å². The van der Waals surface area contributed by atoms with Crippen LogP contribution in [0.4, 0.5) is 0 Å². The number of aliphatic hydroxyl groups is 1. The van der Waals surface area contributed by atoms with E-state index in [1.54, 1.807) is 5.57 Å². The van der Waals surface area contributed by atoms with E-state index in [1.807, 2.05) is 0 Å². The van der Waals surface area contributed by atoms with E-state index in [-0.39, 0.29) is 6.10 Å². The number of hydrogen-bond acceptors (Lipinski definition) is 1. The average Bonchev–Trinajstić information content (AvgIpc) is 3.04. The highest BCUT2D eigenvalue weighted by molar-refractivity contribution is 5.36. The van der Waals surface area contributed by atoms with Crippen molar-refractivity contribution in [1.82, 2.24) is 0 Å². The van der Waals surface area contributed by atoms with E-state index in [1.165, 1.54) is 43.3 Å². The summed E-state index contributed by atoms with van der Waals surface area (Å²) in [5.41, 5.74) is 4.61. The molecule has 0 aromatic rings. The Hall–Kier alpha value is -1.08. The zero-order valence-electron chi connectivity index (χ0n) is 19.6. The molecule has 3 saturated carbocycles. The molecule has 29 heavy (non-hydrogen) atoms. The topological polar surface area (TPSA) is 20.2 Å². The highest BCUT2D eigenvalue weighted by Gasteiger charge is 2.50. The largest absolute Gasteiger partial charge is 0.393 e. The number of rotatable bonds is 5. The molecule has 1 N–H and O–H groups in total. The number of hydrogen-bond donors (Lipinski definition) is 1. The molecule has 0 aromatic heterocycles. The van der Waals surface area contributed by atoms with Crippen molar-refractivity contribution in [2.24, 2.45) is 35.0 Å². The van der Waals surface area contributed by atoms with E-state index in [0.29, 0.717) is 17.3 Å². The molecule has 162 valence electrons. The van der Waals surface area contributed by atoms with Crippen LogP contribution in [-0.2, 0) is 0 Å². The summed E-state index contributed by atoms with van der Waals surface area (Å²) in [5.74, 6) is 3.58. The first-order valence-electron chi connectivity index (χ1n) is 12.2. The van der Waals surface area contributed by atoms with Gasteiger partial charge in [0.1, 0.15) is 0 Å². The van der Waals surface area contributed by atoms with Crippen molar-refractivity contribution in [3.05, 3.63) is 47.6 Å². The molecule has 0 amide bonds. The molecule has 0 saturated heterocycles. The van der Waals surface area contributed by atoms with E-state index in [0.717, 1.165) is 37.0 Å². The second kappa shape index (κ2) is 9.38. The van der Waals surface area contributed by atoms with E-state index in [2.05, 4.69) is 65.5 Å². The highest BCUT2D eigenvalue weighted by atomic mass is 16.3. The first-order valence-corrected chi connectivity index (χ1v) is 12.2. The minimum absolute atomic E-state index is 0.182. The quantitative estimate of drug-likeness (QED) is 0.473. The van der Waals surface area contributed by atoms with Crippen molar-refractivity contribution < 1.29 is 5.11 Å². The van der Waals surface area contributed by atoms with Gasteiger partial charge in [-0.2, -0.15) is 0 Å². The molecule has 0 aromatic carbocycles. The van der Waals surface area contributed by atoms with E-state index < -0.39 is 0 Å². The normalized spacial score (nSPS) is 38.2. The summed E-state index contributed by atoms with van der Waals surface area (Å²) >= 11 is 0. The van der Waals surface area contributed by atoms with Crippen molar-refractivity contribution in [1.29, 1.82) is 0 Å². The molecule has 3 rings (SSSR count). The minimum Gasteiger partial charge on any atom is -0.393 e. The van der Waals surface area contributed by atoms with Gasteiger partial charge in [0.2, 0.25) is 0 Å². The standard InChI is InChI=1S/C28H44O/c1-19(2)20(3)9-10-22(5)26-15-16-27-23(8-7-17-28(26,27)6)12-13-24-18-25(29)14-11-21(24)4/h9-10,12-13,19-20,22,25-27,29H,4,7-8,11,14-18H2,1-3,5-6H3/b10-9+,23-12+,24-13-/t20-,22+,25-,26?,27-,28+/m0/s1. The zero-order valence-corrected chi connectivity index (χ0v) is 19.6. The van der Waals surface area contributed by atoms with Gasteiger partial charge in [-0.15, -0.1) is 0 Å². The Labute approximate surface area is 180 Å². The van der Waals surface area contributed by atoms with Gasteiger partial charge in [-0.05, 0) is 91.9 Å². The monoisotopic (exact) mass is 396 g/mol. The predicted molar refractivity (Wildman–Crippen MR) is 126 cm³/mol. The molecule has 3 fully saturated rings. The Morgan fingerprint density at radius 3 is 2.52 bits per heavy atom. The van der Waals surface area contributed by atoms with Gasteiger partial charge in [-0.1, -0.05) is 76.6 Å². The highest BCUT2D eigenvalue weighted by Crippen LogP contribution is 2.59. The third kappa shape index (κ3) is 4.98. The summed E-state index contributed by atoms with van der Waals surface area (Å²) in [6, 6.07) is 0. The first kappa shape index (κ1) is 22.6. The Bertz CT molecular complexity index is 678. The van der Waals surface area contributed by atoms with Gasteiger partial charge in [0.15, 0.2) is 0 Å². The van der Waals surface area contributed by atoms with Crippen LogP contribution in [0.25, 0.3) is 0 Å². The summed E-state index contributed by atoms with van der Waals surface area (Å²) in [5, 5.41) is 10.0. The number of fused-ring (bicyclic) bond motifs is 1. The van der Waals surface area contributed by atoms with Crippen molar-refractivity contribution >= 4 is 0 Å². The van der Waals surface area contributed by atoms with Crippen LogP contribution in [0, 0.1) is 35.0 Å². The third-order valence-corrected chi connectivity index (χ3v) is 8.63. The Balaban J connectivity index is 1.75. The van der Waals surface area contributed by atoms with Crippen LogP contribution in [0.1, 0.15) is 86.0 Å². The maximum absolute atomic E-state index is 10.0. The van der Waals surface area contributed by atoms with Gasteiger partial charge in [0.25, 0.3) is 0 Å². The molecule has 0 bridgehead atoms. The summed E-state index contributed by atoms with van der Waals surface area (Å²) in [4.78, 5) is 0.